The Labute approximate surface area is 139 Å². The lowest BCUT2D eigenvalue weighted by atomic mass is 9.93. The summed E-state index contributed by atoms with van der Waals surface area (Å²) in [5, 5.41) is 8.26. The van der Waals surface area contributed by atoms with Crippen LogP contribution in [0.25, 0.3) is 5.82 Å². The van der Waals surface area contributed by atoms with Crippen LogP contribution in [-0.4, -0.2) is 33.0 Å². The Bertz CT molecular complexity index is 944. The molecule has 0 saturated heterocycles. The van der Waals surface area contributed by atoms with Gasteiger partial charge < -0.3 is 0 Å². The summed E-state index contributed by atoms with van der Waals surface area (Å²) in [7, 11) is -3.69. The van der Waals surface area contributed by atoms with Gasteiger partial charge in [-0.3, -0.25) is 9.40 Å². The van der Waals surface area contributed by atoms with Crippen molar-refractivity contribution in [2.45, 2.75) is 30.2 Å². The molecule has 24 heavy (non-hydrogen) atoms. The number of nitrogens with zero attached hydrogens (tertiary/aromatic N) is 5. The molecule has 1 aliphatic rings. The van der Waals surface area contributed by atoms with E-state index in [9.17, 15) is 8.42 Å². The maximum Gasteiger partial charge on any atom is 0.265 e. The molecule has 3 aromatic heterocycles. The average molecular weight is 344 g/mol. The first-order valence-corrected chi connectivity index (χ1v) is 9.13. The zero-order valence-electron chi connectivity index (χ0n) is 12.8. The highest BCUT2D eigenvalue weighted by atomic mass is 32.2. The smallest absolute Gasteiger partial charge is 0.265 e. The van der Waals surface area contributed by atoms with E-state index in [1.54, 1.807) is 46.2 Å². The number of anilines is 1. The third-order valence-corrected chi connectivity index (χ3v) is 5.41. The van der Waals surface area contributed by atoms with Crippen LogP contribution >= 0.6 is 0 Å². The van der Waals surface area contributed by atoms with Crippen molar-refractivity contribution in [1.82, 2.24) is 24.5 Å². The van der Waals surface area contributed by atoms with Gasteiger partial charge in [0.2, 0.25) is 0 Å². The Morgan fingerprint density at radius 3 is 2.79 bits per heavy atom. The van der Waals surface area contributed by atoms with Crippen molar-refractivity contribution < 1.29 is 8.42 Å². The van der Waals surface area contributed by atoms with Crippen molar-refractivity contribution >= 4 is 15.7 Å². The summed E-state index contributed by atoms with van der Waals surface area (Å²) in [5.74, 6) is 0.533. The second kappa shape index (κ2) is 5.75. The fourth-order valence-electron chi connectivity index (χ4n) is 2.54. The van der Waals surface area contributed by atoms with E-state index in [0.717, 1.165) is 19.3 Å². The first-order chi connectivity index (χ1) is 11.6. The lowest BCUT2D eigenvalue weighted by Gasteiger charge is -2.25. The fourth-order valence-corrected chi connectivity index (χ4v) is 3.52. The fraction of sp³-hybridized carbons (Fsp3) is 0.267. The number of pyridine rings is 1. The van der Waals surface area contributed by atoms with Gasteiger partial charge in [0.05, 0.1) is 17.9 Å². The lowest BCUT2D eigenvalue weighted by molar-refractivity contribution is 0.289. The molecule has 0 aliphatic heterocycles. The number of sulfonamides is 1. The van der Waals surface area contributed by atoms with Crippen LogP contribution in [0.3, 0.4) is 0 Å². The second-order valence-corrected chi connectivity index (χ2v) is 7.38. The molecule has 0 bridgehead atoms. The summed E-state index contributed by atoms with van der Waals surface area (Å²) >= 11 is 0. The van der Waals surface area contributed by atoms with Gasteiger partial charge in [-0.2, -0.15) is 10.2 Å². The van der Waals surface area contributed by atoms with Gasteiger partial charge in [0.1, 0.15) is 4.90 Å². The minimum atomic E-state index is -3.69. The van der Waals surface area contributed by atoms with Gasteiger partial charge >= 0.3 is 0 Å². The molecule has 0 unspecified atom stereocenters. The van der Waals surface area contributed by atoms with Crippen LogP contribution in [-0.2, 0) is 10.0 Å². The Morgan fingerprint density at radius 1 is 1.21 bits per heavy atom. The van der Waals surface area contributed by atoms with Crippen LogP contribution in [0.1, 0.15) is 25.3 Å². The normalized spacial score (nSPS) is 15.2. The standard InChI is InChI=1S/C15H16N6O2S/c22-24(23,14-10-18-21(11-14)13-3-1-4-13)19-12-5-7-16-15(9-12)20-8-2-6-17-20/h2,5-11,13H,1,3-4H2,(H,16,19). The Kier molecular flexibility index (Phi) is 3.57. The van der Waals surface area contributed by atoms with Crippen LogP contribution < -0.4 is 4.72 Å². The molecule has 1 saturated carbocycles. The molecular formula is C15H16N6O2S. The third-order valence-electron chi connectivity index (χ3n) is 4.07. The van der Waals surface area contributed by atoms with Crippen molar-refractivity contribution in [2.24, 2.45) is 0 Å². The molecule has 0 spiro atoms. The summed E-state index contributed by atoms with van der Waals surface area (Å²) in [6.45, 7) is 0. The Hall–Kier alpha value is -2.68. The first-order valence-electron chi connectivity index (χ1n) is 7.65. The van der Waals surface area contributed by atoms with Crippen molar-refractivity contribution in [3.8, 4) is 5.82 Å². The molecule has 0 radical (unpaired) electrons. The molecular weight excluding hydrogens is 328 g/mol. The Morgan fingerprint density at radius 2 is 2.08 bits per heavy atom. The zero-order valence-corrected chi connectivity index (χ0v) is 13.6. The second-order valence-electron chi connectivity index (χ2n) is 5.70. The minimum Gasteiger partial charge on any atom is -0.279 e. The third kappa shape index (κ3) is 2.78. The molecule has 1 N–H and O–H groups in total. The van der Waals surface area contributed by atoms with E-state index in [0.29, 0.717) is 17.5 Å². The lowest BCUT2D eigenvalue weighted by Crippen LogP contribution is -2.17. The van der Waals surface area contributed by atoms with Crippen molar-refractivity contribution in [3.63, 3.8) is 0 Å². The topological polar surface area (TPSA) is 94.7 Å². The van der Waals surface area contributed by atoms with E-state index in [1.165, 1.54) is 12.4 Å². The first kappa shape index (κ1) is 14.9. The van der Waals surface area contributed by atoms with Crippen LogP contribution in [0.15, 0.2) is 54.1 Å². The number of aromatic nitrogens is 5. The highest BCUT2D eigenvalue weighted by Crippen LogP contribution is 2.31. The van der Waals surface area contributed by atoms with Crippen molar-refractivity contribution in [2.75, 3.05) is 4.72 Å². The minimum absolute atomic E-state index is 0.159. The molecule has 8 nitrogen and oxygen atoms in total. The summed E-state index contributed by atoms with van der Waals surface area (Å²) < 4.78 is 30.9. The molecule has 3 aromatic rings. The van der Waals surface area contributed by atoms with E-state index in [4.69, 9.17) is 0 Å². The molecule has 0 atom stereocenters. The predicted octanol–water partition coefficient (Wildman–Crippen LogP) is 1.99. The molecule has 0 aromatic carbocycles. The summed E-state index contributed by atoms with van der Waals surface area (Å²) in [4.78, 5) is 4.34. The maximum atomic E-state index is 12.5. The summed E-state index contributed by atoms with van der Waals surface area (Å²) in [5.41, 5.74) is 0.423. The van der Waals surface area contributed by atoms with E-state index in [-0.39, 0.29) is 4.90 Å². The van der Waals surface area contributed by atoms with E-state index < -0.39 is 10.0 Å². The summed E-state index contributed by atoms with van der Waals surface area (Å²) in [6, 6.07) is 5.32. The summed E-state index contributed by atoms with van der Waals surface area (Å²) in [6.07, 6.45) is 11.1. The number of nitrogens with one attached hydrogen (secondary N) is 1. The molecule has 1 aliphatic carbocycles. The SMILES string of the molecule is O=S(=O)(Nc1ccnc(-n2cccn2)c1)c1cnn(C2CCC2)c1. The van der Waals surface area contributed by atoms with Gasteiger partial charge in [-0.15, -0.1) is 0 Å². The quantitative estimate of drug-likeness (QED) is 0.764. The van der Waals surface area contributed by atoms with Crippen LogP contribution in [0.4, 0.5) is 5.69 Å². The van der Waals surface area contributed by atoms with Gasteiger partial charge in [-0.25, -0.2) is 18.1 Å². The number of rotatable bonds is 5. The van der Waals surface area contributed by atoms with E-state index in [2.05, 4.69) is 19.9 Å². The molecule has 1 fully saturated rings. The highest BCUT2D eigenvalue weighted by Gasteiger charge is 2.23. The zero-order chi connectivity index (χ0) is 16.6. The molecule has 3 heterocycles. The van der Waals surface area contributed by atoms with E-state index in [1.807, 2.05) is 0 Å². The van der Waals surface area contributed by atoms with Gasteiger partial charge in [0.15, 0.2) is 5.82 Å². The number of hydrogen-bond donors (Lipinski definition) is 1. The maximum absolute atomic E-state index is 12.5. The highest BCUT2D eigenvalue weighted by molar-refractivity contribution is 7.92. The van der Waals surface area contributed by atoms with Gasteiger partial charge in [-0.05, 0) is 31.4 Å². The monoisotopic (exact) mass is 344 g/mol. The number of hydrogen-bond acceptors (Lipinski definition) is 5. The van der Waals surface area contributed by atoms with Gasteiger partial charge in [0, 0.05) is 30.9 Å². The van der Waals surface area contributed by atoms with Crippen LogP contribution in [0.2, 0.25) is 0 Å². The van der Waals surface area contributed by atoms with Crippen LogP contribution in [0, 0.1) is 0 Å². The van der Waals surface area contributed by atoms with Gasteiger partial charge in [-0.1, -0.05) is 0 Å². The molecule has 124 valence electrons. The van der Waals surface area contributed by atoms with E-state index >= 15 is 0 Å². The van der Waals surface area contributed by atoms with Crippen LogP contribution in [0.5, 0.6) is 0 Å². The van der Waals surface area contributed by atoms with Crippen molar-refractivity contribution in [3.05, 3.63) is 49.2 Å². The van der Waals surface area contributed by atoms with Crippen molar-refractivity contribution in [1.29, 1.82) is 0 Å². The molecule has 4 rings (SSSR count). The Balaban J connectivity index is 1.57. The predicted molar refractivity (Wildman–Crippen MR) is 87.3 cm³/mol. The average Bonchev–Trinajstić information content (AvgIpc) is 3.17. The molecule has 9 heteroatoms. The molecule has 0 amide bonds. The van der Waals surface area contributed by atoms with Gasteiger partial charge in [0.25, 0.3) is 10.0 Å². The largest absolute Gasteiger partial charge is 0.279 e.